The maximum absolute atomic E-state index is 2.88. The van der Waals surface area contributed by atoms with Gasteiger partial charge in [-0.25, -0.2) is 0 Å². The summed E-state index contributed by atoms with van der Waals surface area (Å²) in [5, 5.41) is 0. The van der Waals surface area contributed by atoms with E-state index in [0.717, 1.165) is 0 Å². The summed E-state index contributed by atoms with van der Waals surface area (Å²) >= 11 is 4.82. The molecule has 0 nitrogen and oxygen atoms in total. The van der Waals surface area contributed by atoms with Crippen molar-refractivity contribution in [3.05, 3.63) is 0 Å². The summed E-state index contributed by atoms with van der Waals surface area (Å²) in [6.07, 6.45) is 0. The molecule has 22 valence electrons. The average molecular weight is 231 g/mol. The van der Waals surface area contributed by atoms with Gasteiger partial charge in [0.05, 0.1) is 0 Å². The largest absolute Gasteiger partial charge is 0.0191 e. The summed E-state index contributed by atoms with van der Waals surface area (Å²) in [6, 6.07) is 0. The van der Waals surface area contributed by atoms with Crippen LogP contribution >= 0.6 is 38.5 Å². The van der Waals surface area contributed by atoms with Gasteiger partial charge in [0.2, 0.25) is 0 Å². The highest BCUT2D eigenvalue weighted by atomic mass is 127. The van der Waals surface area contributed by atoms with Gasteiger partial charge in [0, 0.05) is 38.5 Å². The molecule has 0 spiro atoms. The molecule has 0 saturated heterocycles. The highest BCUT2D eigenvalue weighted by Gasteiger charge is 1.33. The maximum atomic E-state index is 2.88. The third kappa shape index (κ3) is 2.77. The fourth-order valence-corrected chi connectivity index (χ4v) is 0. The van der Waals surface area contributed by atoms with Crippen molar-refractivity contribution in [2.24, 2.45) is 0 Å². The smallest absolute Gasteiger partial charge is 0.0179 e. The molecule has 0 aliphatic heterocycles. The standard InChI is InChI=1S/C2BrI/c3-1-2-4. The predicted octanol–water partition coefficient (Wildman–Crippen LogP) is 1.73. The fourth-order valence-electron chi connectivity index (χ4n) is 0. The van der Waals surface area contributed by atoms with Gasteiger partial charge in [0.15, 0.2) is 0 Å². The highest BCUT2D eigenvalue weighted by molar-refractivity contribution is 14.1. The van der Waals surface area contributed by atoms with E-state index in [2.05, 4.69) is 24.7 Å². The lowest BCUT2D eigenvalue weighted by atomic mass is 11.4. The average Bonchev–Trinajstić information content (AvgIpc) is 1.37. The summed E-state index contributed by atoms with van der Waals surface area (Å²) in [4.78, 5) is 2.48. The van der Waals surface area contributed by atoms with E-state index in [4.69, 9.17) is 0 Å². The third-order valence-electron chi connectivity index (χ3n) is 0.0357. The minimum absolute atomic E-state index is 1.94. The predicted molar refractivity (Wildman–Crippen MR) is 30.7 cm³/mol. The first-order valence-electron chi connectivity index (χ1n) is 0.628. The first kappa shape index (κ1) is 4.77. The molecule has 0 bridgehead atoms. The number of halogens is 2. The van der Waals surface area contributed by atoms with E-state index in [1.165, 1.54) is 0 Å². The van der Waals surface area contributed by atoms with E-state index < -0.39 is 0 Å². The molecular weight excluding hydrogens is 231 g/mol. The molecule has 0 saturated carbocycles. The molecular formula is C2BrI. The Hall–Kier alpha value is 0.770. The first-order valence-corrected chi connectivity index (χ1v) is 2.50. The monoisotopic (exact) mass is 230 g/mol. The Labute approximate surface area is 47.2 Å². The van der Waals surface area contributed by atoms with Gasteiger partial charge in [0.1, 0.15) is 0 Å². The Bertz CT molecular complexity index is 42.8. The molecule has 0 aliphatic carbocycles. The van der Waals surface area contributed by atoms with Gasteiger partial charge in [-0.3, -0.25) is 0 Å². The van der Waals surface area contributed by atoms with Gasteiger partial charge in [-0.1, -0.05) is 0 Å². The van der Waals surface area contributed by atoms with Crippen LogP contribution in [-0.4, -0.2) is 0 Å². The maximum Gasteiger partial charge on any atom is 0.0191 e. The van der Waals surface area contributed by atoms with Crippen LogP contribution in [0.4, 0.5) is 0 Å². The normalized spacial score (nSPS) is 3.50. The molecule has 2 heteroatoms. The van der Waals surface area contributed by atoms with E-state index >= 15 is 0 Å². The van der Waals surface area contributed by atoms with Crippen molar-refractivity contribution in [2.45, 2.75) is 0 Å². The highest BCUT2D eigenvalue weighted by Crippen LogP contribution is 1.73. The zero-order valence-electron chi connectivity index (χ0n) is 1.76. The van der Waals surface area contributed by atoms with Gasteiger partial charge in [-0.15, -0.1) is 0 Å². The second-order valence-corrected chi connectivity index (χ2v) is 1.12. The van der Waals surface area contributed by atoms with Crippen LogP contribution in [0.1, 0.15) is 0 Å². The lowest BCUT2D eigenvalue weighted by Crippen LogP contribution is -1.09. The van der Waals surface area contributed by atoms with E-state index in [1.54, 1.807) is 0 Å². The molecule has 0 aromatic heterocycles. The molecule has 0 heterocycles. The molecule has 0 N–H and O–H groups in total. The van der Waals surface area contributed by atoms with Crippen molar-refractivity contribution in [1.82, 2.24) is 0 Å². The minimum atomic E-state index is 1.94. The van der Waals surface area contributed by atoms with E-state index in [-0.39, 0.29) is 0 Å². The van der Waals surface area contributed by atoms with Crippen molar-refractivity contribution in [1.29, 1.82) is 0 Å². The quantitative estimate of drug-likeness (QED) is 0.439. The fraction of sp³-hybridized carbons (Fsp3) is 0. The third-order valence-corrected chi connectivity index (χ3v) is 1.24. The van der Waals surface area contributed by atoms with Crippen molar-refractivity contribution in [2.75, 3.05) is 0 Å². The second-order valence-electron chi connectivity index (χ2n) is 0.189. The van der Waals surface area contributed by atoms with Gasteiger partial charge in [-0.2, -0.15) is 0 Å². The van der Waals surface area contributed by atoms with Crippen LogP contribution in [-0.2, 0) is 0 Å². The number of rotatable bonds is 0. The van der Waals surface area contributed by atoms with Crippen LogP contribution in [0, 0.1) is 8.76 Å². The SMILES string of the molecule is BrC#CI. The van der Waals surface area contributed by atoms with Gasteiger partial charge in [-0.05, 0) is 8.76 Å². The van der Waals surface area contributed by atoms with Crippen LogP contribution in [0.3, 0.4) is 0 Å². The molecule has 0 aliphatic rings. The van der Waals surface area contributed by atoms with Crippen molar-refractivity contribution < 1.29 is 0 Å². The number of hydrogen-bond acceptors (Lipinski definition) is 0. The van der Waals surface area contributed by atoms with Crippen molar-refractivity contribution in [3.8, 4) is 8.76 Å². The van der Waals surface area contributed by atoms with Crippen LogP contribution in [0.5, 0.6) is 0 Å². The molecule has 0 aromatic rings. The van der Waals surface area contributed by atoms with Gasteiger partial charge < -0.3 is 0 Å². The van der Waals surface area contributed by atoms with Crippen LogP contribution in [0.2, 0.25) is 0 Å². The molecule has 0 fully saturated rings. The first-order chi connectivity index (χ1) is 1.91. The van der Waals surface area contributed by atoms with Crippen molar-refractivity contribution in [3.63, 3.8) is 0 Å². The van der Waals surface area contributed by atoms with Crippen LogP contribution < -0.4 is 0 Å². The molecule has 0 rings (SSSR count). The zero-order valence-corrected chi connectivity index (χ0v) is 5.50. The molecule has 0 amide bonds. The van der Waals surface area contributed by atoms with Crippen molar-refractivity contribution >= 4 is 38.5 Å². The topological polar surface area (TPSA) is 0 Å². The van der Waals surface area contributed by atoms with Gasteiger partial charge in [0.25, 0.3) is 0 Å². The van der Waals surface area contributed by atoms with E-state index in [1.807, 2.05) is 22.6 Å². The Morgan fingerprint density at radius 3 is 2.00 bits per heavy atom. The Kier molecular flexibility index (Phi) is 4.50. The Morgan fingerprint density at radius 2 is 2.00 bits per heavy atom. The Balaban J connectivity index is 2.83. The lowest BCUT2D eigenvalue weighted by Gasteiger charge is -1.33. The molecule has 0 atom stereocenters. The minimum Gasteiger partial charge on any atom is -0.0179 e. The summed E-state index contributed by atoms with van der Waals surface area (Å²) < 4.78 is 2.57. The van der Waals surface area contributed by atoms with Crippen LogP contribution in [0.25, 0.3) is 0 Å². The lowest BCUT2D eigenvalue weighted by molar-refractivity contribution is 3.18. The number of hydrogen-bond donors (Lipinski definition) is 0. The van der Waals surface area contributed by atoms with Crippen LogP contribution in [0.15, 0.2) is 0 Å². The summed E-state index contributed by atoms with van der Waals surface area (Å²) in [5.74, 6) is 0. The van der Waals surface area contributed by atoms with Gasteiger partial charge >= 0.3 is 0 Å². The summed E-state index contributed by atoms with van der Waals surface area (Å²) in [5.41, 5.74) is 0. The molecule has 0 unspecified atom stereocenters. The van der Waals surface area contributed by atoms with E-state index in [9.17, 15) is 0 Å². The molecule has 4 heavy (non-hydrogen) atoms. The molecule has 0 radical (unpaired) electrons. The Morgan fingerprint density at radius 1 is 1.75 bits per heavy atom. The molecule has 0 aromatic carbocycles. The summed E-state index contributed by atoms with van der Waals surface area (Å²) in [7, 11) is 0. The second kappa shape index (κ2) is 3.77. The zero-order chi connectivity index (χ0) is 3.41. The van der Waals surface area contributed by atoms with E-state index in [0.29, 0.717) is 0 Å². The summed E-state index contributed by atoms with van der Waals surface area (Å²) in [6.45, 7) is 0.